The Morgan fingerprint density at radius 2 is 2.27 bits per heavy atom. The lowest BCUT2D eigenvalue weighted by atomic mass is 10.1. The smallest absolute Gasteiger partial charge is 0.258 e. The third-order valence-electron chi connectivity index (χ3n) is 1.81. The second-order valence-electron chi connectivity index (χ2n) is 2.89. The van der Waals surface area contributed by atoms with Crippen LogP contribution in [0.25, 0.3) is 0 Å². The lowest BCUT2D eigenvalue weighted by Crippen LogP contribution is -1.90. The summed E-state index contributed by atoms with van der Waals surface area (Å²) in [5, 5.41) is 18.7. The first-order valence-electron chi connectivity index (χ1n) is 4.26. The molecule has 0 atom stereocenters. The van der Waals surface area contributed by atoms with Crippen molar-refractivity contribution in [1.82, 2.24) is 0 Å². The first-order valence-corrected chi connectivity index (χ1v) is 4.26. The lowest BCUT2D eigenvalue weighted by molar-refractivity contribution is -0.384. The highest BCUT2D eigenvalue weighted by molar-refractivity contribution is 5.47. The standard InChI is InChI=1S/C11H8N2O2/c1-9-8-11(13(14)15)6-5-10(9)4-2-3-7-12/h5-6,8H,3H2,1H3. The fourth-order valence-corrected chi connectivity index (χ4v) is 1.08. The van der Waals surface area contributed by atoms with Gasteiger partial charge in [0.1, 0.15) is 0 Å². The number of hydrogen-bond donors (Lipinski definition) is 0. The van der Waals surface area contributed by atoms with Gasteiger partial charge in [0.15, 0.2) is 0 Å². The van der Waals surface area contributed by atoms with Crippen molar-refractivity contribution in [1.29, 1.82) is 5.26 Å². The maximum Gasteiger partial charge on any atom is 0.269 e. The number of aryl methyl sites for hydroxylation is 1. The summed E-state index contributed by atoms with van der Waals surface area (Å²) in [6.07, 6.45) is 0.163. The van der Waals surface area contributed by atoms with Gasteiger partial charge in [-0.3, -0.25) is 10.1 Å². The molecule has 15 heavy (non-hydrogen) atoms. The molecule has 0 bridgehead atoms. The normalized spacial score (nSPS) is 8.53. The van der Waals surface area contributed by atoms with Crippen LogP contribution in [0.2, 0.25) is 0 Å². The third-order valence-corrected chi connectivity index (χ3v) is 1.81. The highest BCUT2D eigenvalue weighted by atomic mass is 16.6. The predicted octanol–water partition coefficient (Wildman–Crippen LogP) is 2.17. The Balaban J connectivity index is 3.01. The largest absolute Gasteiger partial charge is 0.269 e. The summed E-state index contributed by atoms with van der Waals surface area (Å²) in [6, 6.07) is 6.38. The van der Waals surface area contributed by atoms with Gasteiger partial charge in [0.25, 0.3) is 5.69 Å². The van der Waals surface area contributed by atoms with E-state index in [2.05, 4.69) is 11.8 Å². The molecular formula is C11H8N2O2. The molecule has 0 saturated heterocycles. The van der Waals surface area contributed by atoms with Crippen molar-refractivity contribution in [2.75, 3.05) is 0 Å². The first-order chi connectivity index (χ1) is 7.15. The summed E-state index contributed by atoms with van der Waals surface area (Å²) in [6.45, 7) is 1.75. The summed E-state index contributed by atoms with van der Waals surface area (Å²) in [4.78, 5) is 10.0. The molecule has 0 aliphatic rings. The van der Waals surface area contributed by atoms with Crippen molar-refractivity contribution >= 4 is 5.69 Å². The predicted molar refractivity (Wildman–Crippen MR) is 54.9 cm³/mol. The summed E-state index contributed by atoms with van der Waals surface area (Å²) >= 11 is 0. The van der Waals surface area contributed by atoms with E-state index in [1.807, 2.05) is 6.07 Å². The van der Waals surface area contributed by atoms with Gasteiger partial charge in [-0.05, 0) is 18.6 Å². The molecule has 0 radical (unpaired) electrons. The molecule has 4 heteroatoms. The molecule has 1 aromatic rings. The zero-order valence-corrected chi connectivity index (χ0v) is 8.15. The van der Waals surface area contributed by atoms with Gasteiger partial charge >= 0.3 is 0 Å². The summed E-state index contributed by atoms with van der Waals surface area (Å²) in [5.41, 5.74) is 1.52. The topological polar surface area (TPSA) is 66.9 Å². The molecule has 1 rings (SSSR count). The van der Waals surface area contributed by atoms with Crippen LogP contribution in [-0.4, -0.2) is 4.92 Å². The van der Waals surface area contributed by atoms with E-state index < -0.39 is 4.92 Å². The minimum atomic E-state index is -0.445. The molecule has 0 saturated carbocycles. The van der Waals surface area contributed by atoms with E-state index in [4.69, 9.17) is 5.26 Å². The number of nitriles is 1. The van der Waals surface area contributed by atoms with Crippen molar-refractivity contribution in [3.63, 3.8) is 0 Å². The van der Waals surface area contributed by atoms with Crippen LogP contribution >= 0.6 is 0 Å². The molecule has 0 N–H and O–H groups in total. The molecule has 4 nitrogen and oxygen atoms in total. The number of non-ortho nitro benzene ring substituents is 1. The quantitative estimate of drug-likeness (QED) is 0.396. The Bertz CT molecular complexity index is 490. The average molecular weight is 200 g/mol. The van der Waals surface area contributed by atoms with Crippen LogP contribution < -0.4 is 0 Å². The SMILES string of the molecule is Cc1cc([N+](=O)[O-])ccc1C#CCC#N. The van der Waals surface area contributed by atoms with Crippen LogP contribution in [-0.2, 0) is 0 Å². The van der Waals surface area contributed by atoms with Crippen LogP contribution in [0.1, 0.15) is 17.5 Å². The Hall–Kier alpha value is -2.33. The number of hydrogen-bond acceptors (Lipinski definition) is 3. The van der Waals surface area contributed by atoms with Gasteiger partial charge in [0, 0.05) is 17.7 Å². The van der Waals surface area contributed by atoms with E-state index in [1.165, 1.54) is 12.1 Å². The average Bonchev–Trinajstić information content (AvgIpc) is 2.20. The second-order valence-corrected chi connectivity index (χ2v) is 2.89. The molecule has 0 unspecified atom stereocenters. The van der Waals surface area contributed by atoms with Gasteiger partial charge in [-0.15, -0.1) is 0 Å². The van der Waals surface area contributed by atoms with Crippen molar-refractivity contribution in [2.24, 2.45) is 0 Å². The Morgan fingerprint density at radius 3 is 2.80 bits per heavy atom. The fraction of sp³-hybridized carbons (Fsp3) is 0.182. The molecule has 74 valence electrons. The Labute approximate surface area is 87.3 Å². The van der Waals surface area contributed by atoms with Crippen LogP contribution in [0.4, 0.5) is 5.69 Å². The van der Waals surface area contributed by atoms with Crippen LogP contribution in [0.15, 0.2) is 18.2 Å². The maximum absolute atomic E-state index is 10.5. The van der Waals surface area contributed by atoms with Crippen LogP contribution in [0.5, 0.6) is 0 Å². The monoisotopic (exact) mass is 200 g/mol. The Kier molecular flexibility index (Phi) is 3.43. The summed E-state index contributed by atoms with van der Waals surface area (Å²) in [7, 11) is 0. The molecule has 0 fully saturated rings. The zero-order valence-electron chi connectivity index (χ0n) is 8.15. The fourth-order valence-electron chi connectivity index (χ4n) is 1.08. The minimum Gasteiger partial charge on any atom is -0.258 e. The molecular weight excluding hydrogens is 192 g/mol. The molecule has 0 aromatic heterocycles. The summed E-state index contributed by atoms with van der Waals surface area (Å²) < 4.78 is 0. The molecule has 0 amide bonds. The first kappa shape index (κ1) is 10.7. The van der Waals surface area contributed by atoms with E-state index in [9.17, 15) is 10.1 Å². The highest BCUT2D eigenvalue weighted by Gasteiger charge is 2.06. The molecule has 0 heterocycles. The van der Waals surface area contributed by atoms with E-state index >= 15 is 0 Å². The number of nitrogens with zero attached hydrogens (tertiary/aromatic N) is 2. The van der Waals surface area contributed by atoms with Crippen molar-refractivity contribution < 1.29 is 4.92 Å². The third kappa shape index (κ3) is 2.82. The lowest BCUT2D eigenvalue weighted by Gasteiger charge is -1.97. The maximum atomic E-state index is 10.5. The summed E-state index contributed by atoms with van der Waals surface area (Å²) in [5.74, 6) is 5.44. The minimum absolute atomic E-state index is 0.0540. The van der Waals surface area contributed by atoms with Gasteiger partial charge in [0.2, 0.25) is 0 Å². The van der Waals surface area contributed by atoms with Gasteiger partial charge in [0.05, 0.1) is 17.4 Å². The van der Waals surface area contributed by atoms with Gasteiger partial charge in [-0.2, -0.15) is 5.26 Å². The van der Waals surface area contributed by atoms with E-state index in [0.717, 1.165) is 11.1 Å². The van der Waals surface area contributed by atoms with Crippen molar-refractivity contribution in [3.05, 3.63) is 39.4 Å². The van der Waals surface area contributed by atoms with Gasteiger partial charge in [-0.25, -0.2) is 0 Å². The number of nitro benzene ring substituents is 1. The van der Waals surface area contributed by atoms with E-state index in [0.29, 0.717) is 0 Å². The zero-order chi connectivity index (χ0) is 11.3. The van der Waals surface area contributed by atoms with Crippen molar-refractivity contribution in [3.8, 4) is 17.9 Å². The number of benzene rings is 1. The van der Waals surface area contributed by atoms with E-state index in [-0.39, 0.29) is 12.1 Å². The molecule has 0 aliphatic carbocycles. The van der Waals surface area contributed by atoms with Gasteiger partial charge < -0.3 is 0 Å². The number of rotatable bonds is 1. The van der Waals surface area contributed by atoms with Gasteiger partial charge in [-0.1, -0.05) is 11.8 Å². The molecule has 0 aliphatic heterocycles. The van der Waals surface area contributed by atoms with Crippen molar-refractivity contribution in [2.45, 2.75) is 13.3 Å². The molecule has 1 aromatic carbocycles. The van der Waals surface area contributed by atoms with Crippen LogP contribution in [0.3, 0.4) is 0 Å². The molecule has 0 spiro atoms. The highest BCUT2D eigenvalue weighted by Crippen LogP contribution is 2.16. The van der Waals surface area contributed by atoms with Crippen LogP contribution in [0, 0.1) is 40.2 Å². The Morgan fingerprint density at radius 1 is 1.53 bits per heavy atom. The van der Waals surface area contributed by atoms with E-state index in [1.54, 1.807) is 13.0 Å². The second kappa shape index (κ2) is 4.78. The number of nitro groups is 1.